The molecule has 1 saturated heterocycles. The first kappa shape index (κ1) is 27.3. The number of rotatable bonds is 7. The van der Waals surface area contributed by atoms with Crippen molar-refractivity contribution in [2.75, 3.05) is 25.5 Å². The Kier molecular flexibility index (Phi) is 7.58. The average molecular weight is 541 g/mol. The summed E-state index contributed by atoms with van der Waals surface area (Å²) in [5.41, 5.74) is 6.99. The number of hydrogen-bond donors (Lipinski definition) is 2. The molecule has 0 unspecified atom stereocenters. The number of nitrogens with zero attached hydrogens (tertiary/aromatic N) is 4. The molecule has 1 amide bonds. The van der Waals surface area contributed by atoms with Crippen LogP contribution in [0.5, 0.6) is 0 Å². The molecule has 0 atom stereocenters. The van der Waals surface area contributed by atoms with E-state index in [1.807, 2.05) is 52.1 Å². The molecular formula is C31H36N6O3. The molecular weight excluding hydrogens is 504 g/mol. The lowest BCUT2D eigenvalue weighted by Gasteiger charge is -2.28. The fourth-order valence-electron chi connectivity index (χ4n) is 5.32. The molecule has 0 aliphatic carbocycles. The molecule has 4 aromatic rings. The minimum Gasteiger partial charge on any atom is -0.459 e. The van der Waals surface area contributed by atoms with Crippen molar-refractivity contribution < 1.29 is 14.3 Å². The summed E-state index contributed by atoms with van der Waals surface area (Å²) in [4.78, 5) is 35.6. The second-order valence-corrected chi connectivity index (χ2v) is 10.8. The van der Waals surface area contributed by atoms with Gasteiger partial charge < -0.3 is 19.9 Å². The summed E-state index contributed by atoms with van der Waals surface area (Å²) < 4.78 is 7.57. The van der Waals surface area contributed by atoms with Gasteiger partial charge in [0.15, 0.2) is 0 Å². The summed E-state index contributed by atoms with van der Waals surface area (Å²) in [7, 11) is 2.15. The molecule has 0 bridgehead atoms. The molecule has 4 heterocycles. The Morgan fingerprint density at radius 3 is 2.62 bits per heavy atom. The van der Waals surface area contributed by atoms with Crippen molar-refractivity contribution in [1.29, 1.82) is 0 Å². The van der Waals surface area contributed by atoms with E-state index in [4.69, 9.17) is 9.84 Å². The molecule has 9 heteroatoms. The van der Waals surface area contributed by atoms with Gasteiger partial charge in [0.1, 0.15) is 5.65 Å². The van der Waals surface area contributed by atoms with Crippen LogP contribution in [-0.4, -0.2) is 62.8 Å². The number of benzene rings is 1. The largest absolute Gasteiger partial charge is 0.459 e. The van der Waals surface area contributed by atoms with Crippen LogP contribution in [0.1, 0.15) is 54.2 Å². The van der Waals surface area contributed by atoms with E-state index in [0.29, 0.717) is 22.9 Å². The number of hydrogen-bond acceptors (Lipinski definition) is 6. The highest BCUT2D eigenvalue weighted by atomic mass is 16.5. The van der Waals surface area contributed by atoms with Crippen molar-refractivity contribution in [3.63, 3.8) is 0 Å². The molecule has 1 aliphatic heterocycles. The van der Waals surface area contributed by atoms with E-state index in [0.717, 1.165) is 64.8 Å². The van der Waals surface area contributed by atoms with Crippen LogP contribution in [0.15, 0.2) is 49.4 Å². The van der Waals surface area contributed by atoms with Crippen LogP contribution in [0.25, 0.3) is 33.4 Å². The highest BCUT2D eigenvalue weighted by Gasteiger charge is 2.25. The van der Waals surface area contributed by atoms with E-state index in [9.17, 15) is 9.59 Å². The number of amides is 1. The first-order chi connectivity index (χ1) is 19.2. The zero-order valence-electron chi connectivity index (χ0n) is 23.7. The number of ether oxygens (including phenoxy) is 1. The number of fused-ring (bicyclic) bond motifs is 1. The third-order valence-electron chi connectivity index (χ3n) is 7.57. The Morgan fingerprint density at radius 2 is 1.93 bits per heavy atom. The molecule has 3 aromatic heterocycles. The third kappa shape index (κ3) is 5.29. The maximum atomic E-state index is 13.0. The van der Waals surface area contributed by atoms with Gasteiger partial charge in [-0.3, -0.25) is 9.48 Å². The topological polar surface area (TPSA) is 105 Å². The van der Waals surface area contributed by atoms with Gasteiger partial charge in [0, 0.05) is 34.6 Å². The molecule has 1 aromatic carbocycles. The van der Waals surface area contributed by atoms with E-state index >= 15 is 0 Å². The smallest absolute Gasteiger partial charge is 0.340 e. The number of likely N-dealkylation sites (tertiary alicyclic amines) is 1. The minimum atomic E-state index is -0.409. The molecule has 2 N–H and O–H groups in total. The number of carbonyl (C=O) groups is 2. The van der Waals surface area contributed by atoms with Crippen molar-refractivity contribution >= 4 is 28.6 Å². The molecule has 1 fully saturated rings. The SMILES string of the molecule is C=CC(=O)Nc1cc(-c2c(-c3cnn(C4CCN(C)CC4)c3)[nH]c3ncc(C(=O)OC(C)C)c(C)c23)ccc1C. The predicted octanol–water partition coefficient (Wildman–Crippen LogP) is 5.67. The summed E-state index contributed by atoms with van der Waals surface area (Å²) >= 11 is 0. The number of pyridine rings is 1. The van der Waals surface area contributed by atoms with Crippen LogP contribution in [-0.2, 0) is 9.53 Å². The van der Waals surface area contributed by atoms with Crippen molar-refractivity contribution in [1.82, 2.24) is 24.6 Å². The number of esters is 1. The second-order valence-electron chi connectivity index (χ2n) is 10.8. The van der Waals surface area contributed by atoms with Crippen molar-refractivity contribution in [3.8, 4) is 22.4 Å². The number of aryl methyl sites for hydroxylation is 2. The predicted molar refractivity (Wildman–Crippen MR) is 157 cm³/mol. The van der Waals surface area contributed by atoms with Crippen molar-refractivity contribution in [3.05, 3.63) is 66.1 Å². The molecule has 0 radical (unpaired) electrons. The van der Waals surface area contributed by atoms with Gasteiger partial charge >= 0.3 is 5.97 Å². The zero-order chi connectivity index (χ0) is 28.6. The van der Waals surface area contributed by atoms with Crippen LogP contribution in [0, 0.1) is 13.8 Å². The van der Waals surface area contributed by atoms with E-state index in [2.05, 4.69) is 44.7 Å². The lowest BCUT2D eigenvalue weighted by molar-refractivity contribution is -0.111. The number of nitrogens with one attached hydrogen (secondary N) is 2. The van der Waals surface area contributed by atoms with Gasteiger partial charge in [0.25, 0.3) is 0 Å². The maximum absolute atomic E-state index is 13.0. The van der Waals surface area contributed by atoms with Crippen LogP contribution < -0.4 is 5.32 Å². The Bertz CT molecular complexity index is 1590. The fourth-order valence-corrected chi connectivity index (χ4v) is 5.32. The van der Waals surface area contributed by atoms with E-state index in [1.54, 1.807) is 6.20 Å². The highest BCUT2D eigenvalue weighted by Crippen LogP contribution is 2.41. The fraction of sp³-hybridized carbons (Fsp3) is 0.355. The molecule has 40 heavy (non-hydrogen) atoms. The van der Waals surface area contributed by atoms with Crippen LogP contribution >= 0.6 is 0 Å². The van der Waals surface area contributed by atoms with Gasteiger partial charge in [0.05, 0.1) is 29.6 Å². The Morgan fingerprint density at radius 1 is 1.18 bits per heavy atom. The quantitative estimate of drug-likeness (QED) is 0.231. The van der Waals surface area contributed by atoms with Crippen LogP contribution in [0.3, 0.4) is 0 Å². The average Bonchev–Trinajstić information content (AvgIpc) is 3.56. The standard InChI is InChI=1S/C31H36N6O3/c1-7-26(38)34-25-14-21(9-8-19(25)4)28-27-20(5)24(31(39)40-18(2)3)16-32-30(27)35-29(28)22-15-33-37(17-22)23-10-12-36(6)13-11-23/h7-9,14-18,23H,1,10-13H2,2-6H3,(H,32,35)(H,34,38). The summed E-state index contributed by atoms with van der Waals surface area (Å²) in [6.45, 7) is 13.2. The van der Waals surface area contributed by atoms with E-state index in [-0.39, 0.29) is 12.0 Å². The third-order valence-corrected chi connectivity index (χ3v) is 7.57. The van der Waals surface area contributed by atoms with E-state index in [1.165, 1.54) is 6.08 Å². The Balaban J connectivity index is 1.69. The normalized spacial score (nSPS) is 14.6. The number of H-pyrrole nitrogens is 1. The monoisotopic (exact) mass is 540 g/mol. The molecule has 208 valence electrons. The van der Waals surface area contributed by atoms with Gasteiger partial charge in [-0.05, 0) is 89.5 Å². The van der Waals surface area contributed by atoms with Gasteiger partial charge in [-0.25, -0.2) is 9.78 Å². The van der Waals surface area contributed by atoms with Crippen molar-refractivity contribution in [2.45, 2.75) is 52.7 Å². The number of anilines is 1. The molecule has 9 nitrogen and oxygen atoms in total. The maximum Gasteiger partial charge on any atom is 0.340 e. The molecule has 5 rings (SSSR count). The molecule has 0 saturated carbocycles. The number of aromatic nitrogens is 4. The zero-order valence-corrected chi connectivity index (χ0v) is 23.7. The van der Waals surface area contributed by atoms with Gasteiger partial charge in [-0.2, -0.15) is 5.10 Å². The van der Waals surface area contributed by atoms with Crippen molar-refractivity contribution in [2.24, 2.45) is 0 Å². The van der Waals surface area contributed by atoms with Gasteiger partial charge in [-0.15, -0.1) is 0 Å². The first-order valence-corrected chi connectivity index (χ1v) is 13.7. The minimum absolute atomic E-state index is 0.248. The number of piperidine rings is 1. The lowest BCUT2D eigenvalue weighted by atomic mass is 9.95. The molecule has 1 aliphatic rings. The summed E-state index contributed by atoms with van der Waals surface area (Å²) in [5.74, 6) is -0.691. The second kappa shape index (κ2) is 11.1. The van der Waals surface area contributed by atoms with Crippen LogP contribution in [0.4, 0.5) is 5.69 Å². The summed E-state index contributed by atoms with van der Waals surface area (Å²) in [5, 5.41) is 8.48. The first-order valence-electron chi connectivity index (χ1n) is 13.7. The van der Waals surface area contributed by atoms with Gasteiger partial charge in [0.2, 0.25) is 5.91 Å². The number of carbonyl (C=O) groups excluding carboxylic acids is 2. The highest BCUT2D eigenvalue weighted by molar-refractivity contribution is 6.08. The summed E-state index contributed by atoms with van der Waals surface area (Å²) in [6, 6.07) is 6.28. The summed E-state index contributed by atoms with van der Waals surface area (Å²) in [6.07, 6.45) is 8.63. The Hall–Kier alpha value is -4.24. The van der Waals surface area contributed by atoms with Crippen LogP contribution in [0.2, 0.25) is 0 Å². The Labute approximate surface area is 234 Å². The number of aromatic amines is 1. The molecule has 0 spiro atoms. The lowest BCUT2D eigenvalue weighted by Crippen LogP contribution is -2.31. The van der Waals surface area contributed by atoms with E-state index < -0.39 is 5.97 Å². The van der Waals surface area contributed by atoms with Gasteiger partial charge in [-0.1, -0.05) is 18.7 Å².